The van der Waals surface area contributed by atoms with Crippen LogP contribution in [0.4, 0.5) is 23.0 Å². The number of benzene rings is 2. The van der Waals surface area contributed by atoms with Crippen molar-refractivity contribution in [1.29, 1.82) is 0 Å². The van der Waals surface area contributed by atoms with Crippen molar-refractivity contribution in [3.05, 3.63) is 54.9 Å². The standard InChI is InChI=1S/C28H32N6O3/c1-5-27(35)30-22-14-23(26(37-4)15-25(22)34-13-11-18(16-34)36-3)32-28-29-12-10-21(31-28)20-17-33(2)24-9-7-6-8-19(20)24/h6-10,12,14-15,17-18H,5,11,13,16H2,1-4H3,(H,30,35)(H,29,31,32). The fourth-order valence-corrected chi connectivity index (χ4v) is 4.81. The number of aromatic nitrogens is 3. The highest BCUT2D eigenvalue weighted by molar-refractivity contribution is 5.97. The van der Waals surface area contributed by atoms with E-state index in [1.54, 1.807) is 20.4 Å². The number of rotatable bonds is 8. The maximum Gasteiger partial charge on any atom is 0.227 e. The quantitative estimate of drug-likeness (QED) is 0.353. The molecule has 1 atom stereocenters. The van der Waals surface area contributed by atoms with Gasteiger partial charge in [0.1, 0.15) is 5.75 Å². The number of nitrogens with zero attached hydrogens (tertiary/aromatic N) is 4. The Balaban J connectivity index is 1.50. The van der Waals surface area contributed by atoms with Gasteiger partial charge in [0.25, 0.3) is 0 Å². The summed E-state index contributed by atoms with van der Waals surface area (Å²) in [7, 11) is 5.39. The first kappa shape index (κ1) is 24.6. The highest BCUT2D eigenvalue weighted by Gasteiger charge is 2.26. The summed E-state index contributed by atoms with van der Waals surface area (Å²) in [6, 6.07) is 14.0. The highest BCUT2D eigenvalue weighted by Crippen LogP contribution is 2.40. The minimum atomic E-state index is -0.0611. The molecular formula is C28H32N6O3. The molecule has 0 bridgehead atoms. The van der Waals surface area contributed by atoms with Crippen LogP contribution >= 0.6 is 0 Å². The Hall–Kier alpha value is -4.11. The molecule has 0 aliphatic carbocycles. The van der Waals surface area contributed by atoms with Crippen molar-refractivity contribution in [3.63, 3.8) is 0 Å². The van der Waals surface area contributed by atoms with E-state index >= 15 is 0 Å². The average Bonchev–Trinajstić information content (AvgIpc) is 3.54. The zero-order valence-electron chi connectivity index (χ0n) is 21.6. The molecular weight excluding hydrogens is 468 g/mol. The number of fused-ring (bicyclic) bond motifs is 1. The Morgan fingerprint density at radius 3 is 2.76 bits per heavy atom. The monoisotopic (exact) mass is 500 g/mol. The second-order valence-electron chi connectivity index (χ2n) is 9.13. The summed E-state index contributed by atoms with van der Waals surface area (Å²) in [5.74, 6) is 1.00. The first-order valence-electron chi connectivity index (χ1n) is 12.4. The van der Waals surface area contributed by atoms with Crippen molar-refractivity contribution < 1.29 is 14.3 Å². The maximum absolute atomic E-state index is 12.4. The van der Waals surface area contributed by atoms with Gasteiger partial charge in [-0.3, -0.25) is 4.79 Å². The molecule has 9 nitrogen and oxygen atoms in total. The molecule has 2 N–H and O–H groups in total. The van der Waals surface area contributed by atoms with Crippen LogP contribution in [-0.2, 0) is 16.6 Å². The van der Waals surface area contributed by atoms with Crippen LogP contribution in [0.15, 0.2) is 54.9 Å². The summed E-state index contributed by atoms with van der Waals surface area (Å²) in [6.45, 7) is 3.42. The molecule has 2 aromatic carbocycles. The number of para-hydroxylation sites is 1. The van der Waals surface area contributed by atoms with E-state index in [9.17, 15) is 4.79 Å². The first-order valence-corrected chi connectivity index (χ1v) is 12.4. The number of amides is 1. The molecule has 5 rings (SSSR count). The minimum absolute atomic E-state index is 0.0611. The van der Waals surface area contributed by atoms with Gasteiger partial charge in [-0.15, -0.1) is 0 Å². The van der Waals surface area contributed by atoms with Crippen molar-refractivity contribution in [2.45, 2.75) is 25.9 Å². The van der Waals surface area contributed by atoms with Crippen LogP contribution in [0.5, 0.6) is 5.75 Å². The lowest BCUT2D eigenvalue weighted by atomic mass is 10.1. The molecule has 1 amide bonds. The number of carbonyl (C=O) groups is 1. The molecule has 192 valence electrons. The molecule has 2 aromatic heterocycles. The molecule has 1 saturated heterocycles. The molecule has 0 radical (unpaired) electrons. The molecule has 37 heavy (non-hydrogen) atoms. The SMILES string of the molecule is CCC(=O)Nc1cc(Nc2nccc(-c3cn(C)c4ccccc34)n2)c(OC)cc1N1CCC(OC)C1. The number of anilines is 4. The third-order valence-corrected chi connectivity index (χ3v) is 6.81. The Morgan fingerprint density at radius 1 is 1.16 bits per heavy atom. The van der Waals surface area contributed by atoms with Gasteiger partial charge in [-0.1, -0.05) is 25.1 Å². The van der Waals surface area contributed by atoms with E-state index in [2.05, 4.69) is 43.4 Å². The average molecular weight is 501 g/mol. The maximum atomic E-state index is 12.4. The molecule has 1 aliphatic heterocycles. The lowest BCUT2D eigenvalue weighted by Crippen LogP contribution is -2.24. The number of carbonyl (C=O) groups excluding carboxylic acids is 1. The first-order chi connectivity index (χ1) is 18.0. The Kier molecular flexibility index (Phi) is 6.96. The molecule has 1 aliphatic rings. The number of hydrogen-bond acceptors (Lipinski definition) is 7. The number of aryl methyl sites for hydroxylation is 1. The fraction of sp³-hybridized carbons (Fsp3) is 0.321. The van der Waals surface area contributed by atoms with Gasteiger partial charge in [-0.2, -0.15) is 0 Å². The number of ether oxygens (including phenoxy) is 2. The van der Waals surface area contributed by atoms with E-state index in [0.29, 0.717) is 29.5 Å². The van der Waals surface area contributed by atoms with Gasteiger partial charge in [-0.25, -0.2) is 9.97 Å². The second-order valence-corrected chi connectivity index (χ2v) is 9.13. The molecule has 0 spiro atoms. The van der Waals surface area contributed by atoms with E-state index < -0.39 is 0 Å². The Morgan fingerprint density at radius 2 is 2.00 bits per heavy atom. The molecule has 1 fully saturated rings. The number of hydrogen-bond donors (Lipinski definition) is 2. The van der Waals surface area contributed by atoms with Gasteiger partial charge in [0.15, 0.2) is 0 Å². The summed E-state index contributed by atoms with van der Waals surface area (Å²) in [5, 5.41) is 7.48. The van der Waals surface area contributed by atoms with Crippen molar-refractivity contribution in [2.24, 2.45) is 7.05 Å². The minimum Gasteiger partial charge on any atom is -0.494 e. The number of nitrogens with one attached hydrogen (secondary N) is 2. The van der Waals surface area contributed by atoms with Crippen molar-refractivity contribution in [2.75, 3.05) is 42.8 Å². The van der Waals surface area contributed by atoms with Crippen LogP contribution < -0.4 is 20.3 Å². The predicted octanol–water partition coefficient (Wildman–Crippen LogP) is 4.96. The van der Waals surface area contributed by atoms with Gasteiger partial charge in [-0.05, 0) is 24.6 Å². The van der Waals surface area contributed by atoms with Gasteiger partial charge in [0.2, 0.25) is 11.9 Å². The Labute approximate surface area is 216 Å². The van der Waals surface area contributed by atoms with E-state index in [-0.39, 0.29) is 12.0 Å². The van der Waals surface area contributed by atoms with Gasteiger partial charge >= 0.3 is 0 Å². The summed E-state index contributed by atoms with van der Waals surface area (Å²) >= 11 is 0. The Bertz CT molecular complexity index is 1430. The molecule has 1 unspecified atom stereocenters. The van der Waals surface area contributed by atoms with E-state index in [0.717, 1.165) is 47.4 Å². The predicted molar refractivity (Wildman–Crippen MR) is 147 cm³/mol. The zero-order chi connectivity index (χ0) is 25.9. The lowest BCUT2D eigenvalue weighted by molar-refractivity contribution is -0.115. The summed E-state index contributed by atoms with van der Waals surface area (Å²) in [5.41, 5.74) is 5.24. The third kappa shape index (κ3) is 4.95. The lowest BCUT2D eigenvalue weighted by Gasteiger charge is -2.24. The van der Waals surface area contributed by atoms with Gasteiger partial charge in [0.05, 0.1) is 36.0 Å². The van der Waals surface area contributed by atoms with Gasteiger partial charge in [0, 0.05) is 68.6 Å². The van der Waals surface area contributed by atoms with Crippen LogP contribution in [0.3, 0.4) is 0 Å². The molecule has 9 heteroatoms. The highest BCUT2D eigenvalue weighted by atomic mass is 16.5. The van der Waals surface area contributed by atoms with Crippen LogP contribution in [0.25, 0.3) is 22.2 Å². The van der Waals surface area contributed by atoms with Crippen molar-refractivity contribution >= 4 is 39.8 Å². The van der Waals surface area contributed by atoms with Crippen LogP contribution in [0.2, 0.25) is 0 Å². The van der Waals surface area contributed by atoms with Crippen molar-refractivity contribution in [3.8, 4) is 17.0 Å². The van der Waals surface area contributed by atoms with Crippen LogP contribution in [-0.4, -0.2) is 53.9 Å². The van der Waals surface area contributed by atoms with E-state index in [1.165, 1.54) is 0 Å². The normalized spacial score (nSPS) is 15.2. The number of methoxy groups -OCH3 is 2. The third-order valence-electron chi connectivity index (χ3n) is 6.81. The molecule has 4 aromatic rings. The second kappa shape index (κ2) is 10.5. The van der Waals surface area contributed by atoms with Gasteiger partial charge < -0.3 is 29.6 Å². The topological polar surface area (TPSA) is 93.5 Å². The summed E-state index contributed by atoms with van der Waals surface area (Å²) in [6.07, 6.45) is 5.28. The zero-order valence-corrected chi connectivity index (χ0v) is 21.6. The van der Waals surface area contributed by atoms with Crippen molar-refractivity contribution in [1.82, 2.24) is 14.5 Å². The molecule has 3 heterocycles. The van der Waals surface area contributed by atoms with E-state index in [4.69, 9.17) is 14.5 Å². The summed E-state index contributed by atoms with van der Waals surface area (Å²) in [4.78, 5) is 23.8. The van der Waals surface area contributed by atoms with E-state index in [1.807, 2.05) is 44.3 Å². The smallest absolute Gasteiger partial charge is 0.227 e. The van der Waals surface area contributed by atoms with Crippen LogP contribution in [0, 0.1) is 0 Å². The largest absolute Gasteiger partial charge is 0.494 e. The summed E-state index contributed by atoms with van der Waals surface area (Å²) < 4.78 is 13.4. The van der Waals surface area contributed by atoms with Crippen LogP contribution in [0.1, 0.15) is 19.8 Å². The molecule has 0 saturated carbocycles. The fourth-order valence-electron chi connectivity index (χ4n) is 4.81.